The van der Waals surface area contributed by atoms with Gasteiger partial charge in [-0.2, -0.15) is 0 Å². The number of carbonyl (C=O) groups excluding carboxylic acids is 1. The first-order valence-corrected chi connectivity index (χ1v) is 13.5. The van der Waals surface area contributed by atoms with Crippen LogP contribution in [0, 0.1) is 5.41 Å². The summed E-state index contributed by atoms with van der Waals surface area (Å²) in [6.07, 6.45) is 10.6. The van der Waals surface area contributed by atoms with Crippen LogP contribution in [0.3, 0.4) is 0 Å². The monoisotopic (exact) mass is 527 g/mol. The average Bonchev–Trinajstić information content (AvgIpc) is 2.79. The number of fused-ring (bicyclic) bond motifs is 1. The number of aliphatic hydroxyl groups is 1. The first kappa shape index (κ1) is 27.6. The summed E-state index contributed by atoms with van der Waals surface area (Å²) in [4.78, 5) is 17.8. The molecule has 0 unspecified atom stereocenters. The van der Waals surface area contributed by atoms with Crippen molar-refractivity contribution in [1.29, 1.82) is 0 Å². The van der Waals surface area contributed by atoms with Crippen LogP contribution in [0.4, 0.5) is 4.39 Å². The van der Waals surface area contributed by atoms with Crippen LogP contribution in [0.5, 0.6) is 5.88 Å². The molecule has 0 aromatic carbocycles. The van der Waals surface area contributed by atoms with Crippen molar-refractivity contribution in [2.45, 2.75) is 89.5 Å². The zero-order valence-electron chi connectivity index (χ0n) is 22.0. The minimum Gasteiger partial charge on any atom is -0.471 e. The molecule has 1 amide bonds. The molecule has 0 radical (unpaired) electrons. The Labute approximate surface area is 224 Å². The largest absolute Gasteiger partial charge is 0.471 e. The van der Waals surface area contributed by atoms with E-state index in [1.807, 2.05) is 6.20 Å². The number of hydrogen-bond donors (Lipinski definition) is 3. The quantitative estimate of drug-likeness (QED) is 0.310. The van der Waals surface area contributed by atoms with E-state index in [0.29, 0.717) is 17.2 Å². The highest BCUT2D eigenvalue weighted by Crippen LogP contribution is 2.48. The van der Waals surface area contributed by atoms with E-state index in [4.69, 9.17) is 17.0 Å². The Morgan fingerprint density at radius 3 is 2.78 bits per heavy atom. The first-order valence-electron chi connectivity index (χ1n) is 13.1. The predicted molar refractivity (Wildman–Crippen MR) is 147 cm³/mol. The van der Waals surface area contributed by atoms with Crippen molar-refractivity contribution in [1.82, 2.24) is 15.6 Å². The average molecular weight is 528 g/mol. The molecule has 2 aliphatic carbocycles. The summed E-state index contributed by atoms with van der Waals surface area (Å²) in [5.74, 6) is -0.243. The lowest BCUT2D eigenvalue weighted by molar-refractivity contribution is -0.118. The van der Waals surface area contributed by atoms with Crippen LogP contribution >= 0.6 is 12.2 Å². The summed E-state index contributed by atoms with van der Waals surface area (Å²) >= 11 is 5.08. The minimum atomic E-state index is -0.888. The standard InChI is InChI=1S/C29H38FN3O3S/c1-5-7-23(33-26(35)19-11-20(30)13-21(37)12-19)25(34)17-31-24-15-29(8-6-9-29)36-27-22(24)10-18(16-32-27)14-28(2,3)4/h5,10-12,16,23-25,31,34H,1,6-9,13-15,17H2,2-4H3,(H,33,35)/t23-,24-,25+/m0/s1. The molecular formula is C29H38FN3O3S. The van der Waals surface area contributed by atoms with Gasteiger partial charge < -0.3 is 20.5 Å². The van der Waals surface area contributed by atoms with Crippen molar-refractivity contribution in [3.8, 4) is 5.88 Å². The number of pyridine rings is 1. The van der Waals surface area contributed by atoms with Crippen molar-refractivity contribution in [3.05, 3.63) is 59.6 Å². The topological polar surface area (TPSA) is 83.5 Å². The van der Waals surface area contributed by atoms with Gasteiger partial charge in [0.05, 0.1) is 12.1 Å². The van der Waals surface area contributed by atoms with Gasteiger partial charge in [-0.25, -0.2) is 9.37 Å². The number of nitrogens with zero attached hydrogens (tertiary/aromatic N) is 1. The number of halogens is 1. The Bertz CT molecular complexity index is 1120. The van der Waals surface area contributed by atoms with E-state index in [0.717, 1.165) is 43.2 Å². The highest BCUT2D eigenvalue weighted by Gasteiger charge is 2.46. The first-order chi connectivity index (χ1) is 17.5. The molecule has 200 valence electrons. The normalized spacial score (nSPS) is 22.1. The van der Waals surface area contributed by atoms with Gasteiger partial charge in [-0.3, -0.25) is 4.79 Å². The molecule has 8 heteroatoms. The Morgan fingerprint density at radius 1 is 1.41 bits per heavy atom. The lowest BCUT2D eigenvalue weighted by Gasteiger charge is -2.47. The lowest BCUT2D eigenvalue weighted by atomic mass is 9.73. The molecule has 37 heavy (non-hydrogen) atoms. The van der Waals surface area contributed by atoms with Gasteiger partial charge in [0, 0.05) is 47.6 Å². The Kier molecular flexibility index (Phi) is 8.31. The van der Waals surface area contributed by atoms with Crippen molar-refractivity contribution in [2.24, 2.45) is 5.41 Å². The Hall–Kier alpha value is -2.42. The highest BCUT2D eigenvalue weighted by molar-refractivity contribution is 7.80. The third-order valence-electron chi connectivity index (χ3n) is 7.21. The maximum Gasteiger partial charge on any atom is 0.251 e. The van der Waals surface area contributed by atoms with Crippen molar-refractivity contribution < 1.29 is 19.0 Å². The van der Waals surface area contributed by atoms with E-state index in [2.05, 4.69) is 49.0 Å². The third-order valence-corrected chi connectivity index (χ3v) is 7.47. The van der Waals surface area contributed by atoms with E-state index in [1.165, 1.54) is 12.2 Å². The molecule has 6 nitrogen and oxygen atoms in total. The zero-order valence-corrected chi connectivity index (χ0v) is 22.8. The zero-order chi connectivity index (χ0) is 26.8. The number of thiocarbonyl (C=S) groups is 1. The molecule has 0 bridgehead atoms. The second kappa shape index (κ2) is 11.1. The fourth-order valence-electron chi connectivity index (χ4n) is 5.28. The van der Waals surface area contributed by atoms with Gasteiger partial charge in [0.1, 0.15) is 11.4 Å². The van der Waals surface area contributed by atoms with Gasteiger partial charge in [-0.1, -0.05) is 39.1 Å². The summed E-state index contributed by atoms with van der Waals surface area (Å²) in [5, 5.41) is 17.4. The van der Waals surface area contributed by atoms with Crippen molar-refractivity contribution >= 4 is 23.0 Å². The molecule has 1 spiro atoms. The Balaban J connectivity index is 1.47. The molecule has 4 rings (SSSR count). The number of aliphatic hydroxyl groups excluding tert-OH is 1. The fraction of sp³-hybridized carbons (Fsp3) is 0.552. The fourth-order valence-corrected chi connectivity index (χ4v) is 5.54. The van der Waals surface area contributed by atoms with Crippen LogP contribution in [-0.2, 0) is 11.2 Å². The van der Waals surface area contributed by atoms with E-state index >= 15 is 0 Å². The molecule has 1 aromatic heterocycles. The molecule has 0 saturated heterocycles. The van der Waals surface area contributed by atoms with E-state index in [9.17, 15) is 14.3 Å². The number of hydrogen-bond acceptors (Lipinski definition) is 6. The lowest BCUT2D eigenvalue weighted by Crippen LogP contribution is -2.52. The summed E-state index contributed by atoms with van der Waals surface area (Å²) < 4.78 is 20.2. The van der Waals surface area contributed by atoms with Gasteiger partial charge >= 0.3 is 0 Å². The molecule has 1 fully saturated rings. The van der Waals surface area contributed by atoms with Crippen molar-refractivity contribution in [2.75, 3.05) is 6.54 Å². The minimum absolute atomic E-state index is 0.0262. The van der Waals surface area contributed by atoms with E-state index in [-0.39, 0.29) is 35.6 Å². The van der Waals surface area contributed by atoms with Crippen LogP contribution in [0.25, 0.3) is 0 Å². The summed E-state index contributed by atoms with van der Waals surface area (Å²) in [6.45, 7) is 10.6. The smallest absolute Gasteiger partial charge is 0.251 e. The molecule has 1 aliphatic heterocycles. The number of nitrogens with one attached hydrogen (secondary N) is 2. The molecule has 3 atom stereocenters. The number of allylic oxidation sites excluding steroid dienone is 2. The predicted octanol–water partition coefficient (Wildman–Crippen LogP) is 4.98. The van der Waals surface area contributed by atoms with Gasteiger partial charge in [-0.05, 0) is 61.3 Å². The molecule has 3 aliphatic rings. The van der Waals surface area contributed by atoms with Crippen LogP contribution in [0.2, 0.25) is 0 Å². The third kappa shape index (κ3) is 6.92. The summed E-state index contributed by atoms with van der Waals surface area (Å²) in [6, 6.07) is 1.56. The maximum absolute atomic E-state index is 13.8. The van der Waals surface area contributed by atoms with Crippen molar-refractivity contribution in [3.63, 3.8) is 0 Å². The number of amides is 1. The number of carbonyl (C=O) groups is 1. The molecule has 1 aromatic rings. The van der Waals surface area contributed by atoms with Gasteiger partial charge in [0.15, 0.2) is 0 Å². The number of rotatable bonds is 9. The molecular weight excluding hydrogens is 489 g/mol. The number of ether oxygens (including phenoxy) is 1. The van der Waals surface area contributed by atoms with Crippen LogP contribution < -0.4 is 15.4 Å². The van der Waals surface area contributed by atoms with Crippen LogP contribution in [0.1, 0.15) is 76.5 Å². The second-order valence-electron chi connectivity index (χ2n) is 11.8. The molecule has 3 N–H and O–H groups in total. The molecule has 2 heterocycles. The van der Waals surface area contributed by atoms with Gasteiger partial charge in [0.2, 0.25) is 5.88 Å². The highest BCUT2D eigenvalue weighted by atomic mass is 32.1. The van der Waals surface area contributed by atoms with Crippen LogP contribution in [-0.4, -0.2) is 45.2 Å². The SMILES string of the molecule is C=CC[C@H](NC(=O)C1=CC(=S)CC(F)=C1)[C@H](O)CN[C@H]1CC2(CCC2)Oc2ncc(CC(C)(C)C)cc21. The van der Waals surface area contributed by atoms with Gasteiger partial charge in [-0.15, -0.1) is 6.58 Å². The van der Waals surface area contributed by atoms with Gasteiger partial charge in [0.25, 0.3) is 5.91 Å². The Morgan fingerprint density at radius 2 is 2.16 bits per heavy atom. The second-order valence-corrected chi connectivity index (χ2v) is 12.3. The summed E-state index contributed by atoms with van der Waals surface area (Å²) in [7, 11) is 0. The number of aromatic nitrogens is 1. The molecule has 1 saturated carbocycles. The summed E-state index contributed by atoms with van der Waals surface area (Å²) in [5.41, 5.74) is 2.25. The van der Waals surface area contributed by atoms with Crippen LogP contribution in [0.15, 0.2) is 48.5 Å². The maximum atomic E-state index is 13.8. The van der Waals surface area contributed by atoms with E-state index < -0.39 is 23.9 Å². The van der Waals surface area contributed by atoms with E-state index in [1.54, 1.807) is 6.08 Å².